The maximum Gasteiger partial charge on any atom is 0.248 e. The molecule has 1 atom stereocenters. The number of amides is 1. The van der Waals surface area contributed by atoms with E-state index in [2.05, 4.69) is 18.3 Å². The lowest BCUT2D eigenvalue weighted by Gasteiger charge is -2.15. The van der Waals surface area contributed by atoms with E-state index in [1.165, 1.54) is 0 Å². The van der Waals surface area contributed by atoms with Crippen LogP contribution in [-0.2, 0) is 6.54 Å². The Balaban J connectivity index is 2.01. The first-order chi connectivity index (χ1) is 10.1. The second-order valence-corrected chi connectivity index (χ2v) is 4.94. The zero-order valence-corrected chi connectivity index (χ0v) is 12.3. The van der Waals surface area contributed by atoms with Crippen LogP contribution in [0.3, 0.4) is 0 Å². The quantitative estimate of drug-likeness (QED) is 0.857. The zero-order chi connectivity index (χ0) is 15.2. The maximum atomic E-state index is 11.2. The van der Waals surface area contributed by atoms with Crippen LogP contribution in [-0.4, -0.2) is 13.0 Å². The topological polar surface area (TPSA) is 64.3 Å². The summed E-state index contributed by atoms with van der Waals surface area (Å²) >= 11 is 0. The molecule has 1 amide bonds. The summed E-state index contributed by atoms with van der Waals surface area (Å²) in [6.07, 6.45) is 0. The summed E-state index contributed by atoms with van der Waals surface area (Å²) in [5.41, 5.74) is 8.00. The minimum atomic E-state index is -0.405. The van der Waals surface area contributed by atoms with Crippen LogP contribution in [0, 0.1) is 0 Å². The van der Waals surface area contributed by atoms with Crippen LogP contribution >= 0.6 is 0 Å². The number of carbonyl (C=O) groups is 1. The fourth-order valence-corrected chi connectivity index (χ4v) is 2.13. The number of benzene rings is 2. The fraction of sp³-hybridized carbons (Fsp3) is 0.235. The summed E-state index contributed by atoms with van der Waals surface area (Å²) in [5.74, 6) is 0.439. The van der Waals surface area contributed by atoms with Gasteiger partial charge in [0.05, 0.1) is 7.11 Å². The molecule has 0 radical (unpaired) electrons. The van der Waals surface area contributed by atoms with Gasteiger partial charge in [-0.1, -0.05) is 24.3 Å². The molecule has 0 spiro atoms. The molecule has 0 bridgehead atoms. The van der Waals surface area contributed by atoms with Crippen molar-refractivity contribution >= 4 is 5.91 Å². The first-order valence-corrected chi connectivity index (χ1v) is 6.86. The van der Waals surface area contributed by atoms with Crippen molar-refractivity contribution in [2.75, 3.05) is 7.11 Å². The highest BCUT2D eigenvalue weighted by Crippen LogP contribution is 2.19. The van der Waals surface area contributed by atoms with Gasteiger partial charge in [-0.3, -0.25) is 4.79 Å². The predicted octanol–water partition coefficient (Wildman–Crippen LogP) is 2.64. The maximum absolute atomic E-state index is 11.2. The highest BCUT2D eigenvalue weighted by molar-refractivity contribution is 5.92. The summed E-state index contributed by atoms with van der Waals surface area (Å²) in [6.45, 7) is 2.76. The Labute approximate surface area is 124 Å². The molecule has 0 aromatic heterocycles. The van der Waals surface area contributed by atoms with Crippen LogP contribution in [0.2, 0.25) is 0 Å². The molecular weight excluding hydrogens is 264 g/mol. The lowest BCUT2D eigenvalue weighted by Crippen LogP contribution is -2.18. The van der Waals surface area contributed by atoms with Crippen LogP contribution in [0.4, 0.5) is 0 Å². The molecule has 0 aliphatic rings. The number of nitrogens with one attached hydrogen (secondary N) is 1. The van der Waals surface area contributed by atoms with Gasteiger partial charge in [0.25, 0.3) is 0 Å². The van der Waals surface area contributed by atoms with Crippen LogP contribution in [0.25, 0.3) is 0 Å². The molecule has 0 saturated carbocycles. The monoisotopic (exact) mass is 284 g/mol. The van der Waals surface area contributed by atoms with Gasteiger partial charge in [0.2, 0.25) is 5.91 Å². The third-order valence-corrected chi connectivity index (χ3v) is 3.42. The standard InChI is InChI=1S/C17H20N2O2/c1-12(14-6-4-8-16(10-14)21-2)19-11-13-5-3-7-15(9-13)17(18)20/h3-10,12,19H,11H2,1-2H3,(H2,18,20). The van der Waals surface area contributed by atoms with E-state index < -0.39 is 5.91 Å². The van der Waals surface area contributed by atoms with Crippen molar-refractivity contribution in [1.29, 1.82) is 0 Å². The van der Waals surface area contributed by atoms with E-state index in [9.17, 15) is 4.79 Å². The predicted molar refractivity (Wildman–Crippen MR) is 83.2 cm³/mol. The van der Waals surface area contributed by atoms with Gasteiger partial charge in [-0.15, -0.1) is 0 Å². The number of nitrogens with two attached hydrogens (primary N) is 1. The summed E-state index contributed by atoms with van der Waals surface area (Å²) in [7, 11) is 1.66. The second kappa shape index (κ2) is 6.90. The molecule has 3 N–H and O–H groups in total. The van der Waals surface area contributed by atoms with E-state index in [-0.39, 0.29) is 6.04 Å². The smallest absolute Gasteiger partial charge is 0.248 e. The van der Waals surface area contributed by atoms with Crippen molar-refractivity contribution in [2.24, 2.45) is 5.73 Å². The molecule has 21 heavy (non-hydrogen) atoms. The average molecular weight is 284 g/mol. The van der Waals surface area contributed by atoms with E-state index >= 15 is 0 Å². The third-order valence-electron chi connectivity index (χ3n) is 3.42. The van der Waals surface area contributed by atoms with Crippen molar-refractivity contribution in [3.05, 3.63) is 65.2 Å². The molecule has 110 valence electrons. The van der Waals surface area contributed by atoms with Gasteiger partial charge in [0, 0.05) is 18.2 Å². The van der Waals surface area contributed by atoms with Gasteiger partial charge < -0.3 is 15.8 Å². The normalized spacial score (nSPS) is 11.9. The van der Waals surface area contributed by atoms with Gasteiger partial charge in [0.1, 0.15) is 5.75 Å². The largest absolute Gasteiger partial charge is 0.497 e. The molecule has 1 unspecified atom stereocenters. The molecule has 4 heteroatoms. The summed E-state index contributed by atoms with van der Waals surface area (Å²) in [6, 6.07) is 15.5. The van der Waals surface area contributed by atoms with Gasteiger partial charge in [0.15, 0.2) is 0 Å². The Morgan fingerprint density at radius 2 is 2.00 bits per heavy atom. The molecule has 2 aromatic carbocycles. The summed E-state index contributed by atoms with van der Waals surface area (Å²) < 4.78 is 5.23. The van der Waals surface area contributed by atoms with Gasteiger partial charge in [-0.2, -0.15) is 0 Å². The second-order valence-electron chi connectivity index (χ2n) is 4.94. The first kappa shape index (κ1) is 15.1. The Morgan fingerprint density at radius 3 is 2.71 bits per heavy atom. The van der Waals surface area contributed by atoms with E-state index in [1.54, 1.807) is 13.2 Å². The van der Waals surface area contributed by atoms with Crippen molar-refractivity contribution in [1.82, 2.24) is 5.32 Å². The van der Waals surface area contributed by atoms with E-state index in [0.29, 0.717) is 12.1 Å². The number of methoxy groups -OCH3 is 1. The van der Waals surface area contributed by atoms with Crippen molar-refractivity contribution in [3.63, 3.8) is 0 Å². The minimum Gasteiger partial charge on any atom is -0.497 e. The first-order valence-electron chi connectivity index (χ1n) is 6.86. The molecule has 0 aliphatic carbocycles. The highest BCUT2D eigenvalue weighted by atomic mass is 16.5. The number of primary amides is 1. The van der Waals surface area contributed by atoms with Crippen molar-refractivity contribution in [2.45, 2.75) is 19.5 Å². The SMILES string of the molecule is COc1cccc(C(C)NCc2cccc(C(N)=O)c2)c1. The van der Waals surface area contributed by atoms with Crippen LogP contribution in [0.5, 0.6) is 5.75 Å². The molecular formula is C17H20N2O2. The molecule has 0 saturated heterocycles. The van der Waals surface area contributed by atoms with Crippen molar-refractivity contribution < 1.29 is 9.53 Å². The molecule has 0 aliphatic heterocycles. The van der Waals surface area contributed by atoms with Crippen molar-refractivity contribution in [3.8, 4) is 5.75 Å². The third kappa shape index (κ3) is 4.07. The van der Waals surface area contributed by atoms with Gasteiger partial charge in [-0.25, -0.2) is 0 Å². The lowest BCUT2D eigenvalue weighted by atomic mass is 10.1. The summed E-state index contributed by atoms with van der Waals surface area (Å²) in [5, 5.41) is 3.42. The Kier molecular flexibility index (Phi) is 4.95. The number of rotatable bonds is 6. The van der Waals surface area contributed by atoms with Gasteiger partial charge in [-0.05, 0) is 42.3 Å². The Morgan fingerprint density at radius 1 is 1.24 bits per heavy atom. The molecule has 0 fully saturated rings. The van der Waals surface area contributed by atoms with E-state index in [1.807, 2.05) is 36.4 Å². The molecule has 2 rings (SSSR count). The van der Waals surface area contributed by atoms with Crippen LogP contribution < -0.4 is 15.8 Å². The minimum absolute atomic E-state index is 0.178. The zero-order valence-electron chi connectivity index (χ0n) is 12.3. The molecule has 0 heterocycles. The Hall–Kier alpha value is -2.33. The van der Waals surface area contributed by atoms with Crippen LogP contribution in [0.15, 0.2) is 48.5 Å². The summed E-state index contributed by atoms with van der Waals surface area (Å²) in [4.78, 5) is 11.2. The fourth-order valence-electron chi connectivity index (χ4n) is 2.13. The van der Waals surface area contributed by atoms with Gasteiger partial charge >= 0.3 is 0 Å². The lowest BCUT2D eigenvalue weighted by molar-refractivity contribution is 0.1000. The van der Waals surface area contributed by atoms with Crippen LogP contribution in [0.1, 0.15) is 34.5 Å². The van der Waals surface area contributed by atoms with E-state index in [0.717, 1.165) is 16.9 Å². The molecule has 4 nitrogen and oxygen atoms in total. The Bertz CT molecular complexity index is 626. The van der Waals surface area contributed by atoms with E-state index in [4.69, 9.17) is 10.5 Å². The number of hydrogen-bond acceptors (Lipinski definition) is 3. The highest BCUT2D eigenvalue weighted by Gasteiger charge is 2.07. The number of hydrogen-bond donors (Lipinski definition) is 2. The number of carbonyl (C=O) groups excluding carboxylic acids is 1. The average Bonchev–Trinajstić information content (AvgIpc) is 2.53. The molecule has 2 aromatic rings. The number of ether oxygens (including phenoxy) is 1.